The Kier molecular flexibility index (Phi) is 2.96. The van der Waals surface area contributed by atoms with Gasteiger partial charge in [0.1, 0.15) is 0 Å². The second kappa shape index (κ2) is 4.57. The second-order valence-corrected chi connectivity index (χ2v) is 3.49. The van der Waals surface area contributed by atoms with Gasteiger partial charge in [0, 0.05) is 29.7 Å². The van der Waals surface area contributed by atoms with Crippen molar-refractivity contribution in [3.8, 4) is 0 Å². The average molecular weight is 212 g/mol. The Balaban J connectivity index is 2.22. The number of imidazole rings is 1. The summed E-state index contributed by atoms with van der Waals surface area (Å²) in [5, 5.41) is 0. The van der Waals surface area contributed by atoms with Crippen molar-refractivity contribution in [2.45, 2.75) is 6.92 Å². The molecule has 0 atom stereocenters. The molecule has 80 valence electrons. The van der Waals surface area contributed by atoms with Crippen molar-refractivity contribution in [1.82, 2.24) is 9.55 Å². The van der Waals surface area contributed by atoms with Gasteiger partial charge >= 0.3 is 0 Å². The Bertz CT molecular complexity index is 498. The number of allylic oxidation sites excluding steroid dienone is 2. The molecule has 0 radical (unpaired) electrons. The first-order valence-electron chi connectivity index (χ1n) is 5.03. The van der Waals surface area contributed by atoms with Crippen molar-refractivity contribution in [2.75, 3.05) is 0 Å². The number of hydrogen-bond donors (Lipinski definition) is 0. The zero-order valence-electron chi connectivity index (χ0n) is 9.00. The van der Waals surface area contributed by atoms with Crippen LogP contribution in [0.3, 0.4) is 0 Å². The minimum absolute atomic E-state index is 0.00630. The molecule has 2 aromatic rings. The van der Waals surface area contributed by atoms with E-state index in [1.54, 1.807) is 35.3 Å². The topological polar surface area (TPSA) is 34.9 Å². The number of benzene rings is 1. The van der Waals surface area contributed by atoms with Crippen molar-refractivity contribution in [1.29, 1.82) is 0 Å². The van der Waals surface area contributed by atoms with E-state index >= 15 is 0 Å². The Hall–Kier alpha value is -2.16. The normalized spacial score (nSPS) is 11.4. The van der Waals surface area contributed by atoms with E-state index in [1.807, 2.05) is 31.3 Å². The highest BCUT2D eigenvalue weighted by molar-refractivity contribution is 6.07. The molecule has 0 aliphatic heterocycles. The smallest absolute Gasteiger partial charge is 0.187 e. The van der Waals surface area contributed by atoms with Gasteiger partial charge in [-0.25, -0.2) is 4.98 Å². The maximum atomic E-state index is 11.8. The molecule has 0 spiro atoms. The van der Waals surface area contributed by atoms with E-state index in [0.717, 1.165) is 5.70 Å². The van der Waals surface area contributed by atoms with Crippen molar-refractivity contribution in [3.05, 3.63) is 60.7 Å². The molecule has 16 heavy (non-hydrogen) atoms. The quantitative estimate of drug-likeness (QED) is 0.579. The van der Waals surface area contributed by atoms with Crippen molar-refractivity contribution in [3.63, 3.8) is 0 Å². The van der Waals surface area contributed by atoms with Crippen molar-refractivity contribution >= 4 is 11.5 Å². The van der Waals surface area contributed by atoms with Gasteiger partial charge in [0.05, 0.1) is 6.33 Å². The van der Waals surface area contributed by atoms with Crippen LogP contribution in [-0.4, -0.2) is 15.3 Å². The van der Waals surface area contributed by atoms with E-state index in [2.05, 4.69) is 4.98 Å². The van der Waals surface area contributed by atoms with Crippen LogP contribution in [0.4, 0.5) is 0 Å². The van der Waals surface area contributed by atoms with E-state index in [4.69, 9.17) is 0 Å². The summed E-state index contributed by atoms with van der Waals surface area (Å²) < 4.78 is 1.81. The molecule has 0 saturated heterocycles. The number of nitrogens with zero attached hydrogens (tertiary/aromatic N) is 2. The fraction of sp³-hybridized carbons (Fsp3) is 0.0769. The summed E-state index contributed by atoms with van der Waals surface area (Å²) in [7, 11) is 0. The molecule has 1 aromatic carbocycles. The van der Waals surface area contributed by atoms with E-state index in [-0.39, 0.29) is 5.78 Å². The van der Waals surface area contributed by atoms with E-state index in [0.29, 0.717) is 5.56 Å². The maximum absolute atomic E-state index is 11.8. The zero-order valence-corrected chi connectivity index (χ0v) is 9.00. The lowest BCUT2D eigenvalue weighted by Gasteiger charge is -2.01. The number of ketones is 1. The van der Waals surface area contributed by atoms with E-state index in [9.17, 15) is 4.79 Å². The van der Waals surface area contributed by atoms with Crippen LogP contribution in [0.2, 0.25) is 0 Å². The molecule has 0 fully saturated rings. The Labute approximate surface area is 94.1 Å². The Morgan fingerprint density at radius 1 is 1.31 bits per heavy atom. The predicted molar refractivity (Wildman–Crippen MR) is 62.9 cm³/mol. The SMILES string of the molecule is C/C(=C\C(=O)c1ccccc1)n1ccnc1. The molecule has 0 bridgehead atoms. The number of aromatic nitrogens is 2. The molecule has 0 aliphatic rings. The highest BCUT2D eigenvalue weighted by Gasteiger charge is 2.02. The van der Waals surface area contributed by atoms with Crippen molar-refractivity contribution < 1.29 is 4.79 Å². The molecule has 2 rings (SSSR count). The van der Waals surface area contributed by atoms with Crippen LogP contribution in [0, 0.1) is 0 Å². The Morgan fingerprint density at radius 2 is 2.06 bits per heavy atom. The van der Waals surface area contributed by atoms with Crippen LogP contribution >= 0.6 is 0 Å². The number of hydrogen-bond acceptors (Lipinski definition) is 2. The van der Waals surface area contributed by atoms with Crippen LogP contribution in [0.25, 0.3) is 5.70 Å². The highest BCUT2D eigenvalue weighted by atomic mass is 16.1. The molecule has 3 heteroatoms. The minimum Gasteiger partial charge on any atom is -0.310 e. The molecule has 1 heterocycles. The van der Waals surface area contributed by atoms with Gasteiger partial charge in [0.25, 0.3) is 0 Å². The molecule has 1 aromatic heterocycles. The fourth-order valence-corrected chi connectivity index (χ4v) is 1.42. The molecule has 0 saturated carbocycles. The van der Waals surface area contributed by atoms with Crippen LogP contribution in [0.5, 0.6) is 0 Å². The third-order valence-corrected chi connectivity index (χ3v) is 2.31. The van der Waals surface area contributed by atoms with E-state index in [1.165, 1.54) is 0 Å². The summed E-state index contributed by atoms with van der Waals surface area (Å²) in [5.74, 6) is 0.00630. The lowest BCUT2D eigenvalue weighted by Crippen LogP contribution is -1.97. The van der Waals surface area contributed by atoms with Gasteiger partial charge in [0.2, 0.25) is 0 Å². The van der Waals surface area contributed by atoms with Gasteiger partial charge in [-0.2, -0.15) is 0 Å². The molecule has 0 aliphatic carbocycles. The van der Waals surface area contributed by atoms with Gasteiger partial charge in [-0.3, -0.25) is 4.79 Å². The number of rotatable bonds is 3. The van der Waals surface area contributed by atoms with Gasteiger partial charge in [-0.05, 0) is 6.92 Å². The number of carbonyl (C=O) groups is 1. The summed E-state index contributed by atoms with van der Waals surface area (Å²) >= 11 is 0. The highest BCUT2D eigenvalue weighted by Crippen LogP contribution is 2.07. The first-order valence-corrected chi connectivity index (χ1v) is 5.03. The fourth-order valence-electron chi connectivity index (χ4n) is 1.42. The Morgan fingerprint density at radius 3 is 2.69 bits per heavy atom. The molecule has 0 amide bonds. The van der Waals surface area contributed by atoms with Gasteiger partial charge in [0.15, 0.2) is 5.78 Å². The largest absolute Gasteiger partial charge is 0.310 e. The standard InChI is InChI=1S/C13H12N2O/c1-11(15-8-7-14-10-15)9-13(16)12-5-3-2-4-6-12/h2-10H,1H3/b11-9+. The van der Waals surface area contributed by atoms with Crippen LogP contribution < -0.4 is 0 Å². The third kappa shape index (κ3) is 2.25. The third-order valence-electron chi connectivity index (χ3n) is 2.31. The summed E-state index contributed by atoms with van der Waals surface area (Å²) in [6, 6.07) is 9.21. The first kappa shape index (κ1) is 10.4. The molecular formula is C13H12N2O. The lowest BCUT2D eigenvalue weighted by molar-refractivity contribution is 0.104. The summed E-state index contributed by atoms with van der Waals surface area (Å²) in [6.07, 6.45) is 6.77. The summed E-state index contributed by atoms with van der Waals surface area (Å²) in [4.78, 5) is 15.8. The summed E-state index contributed by atoms with van der Waals surface area (Å²) in [5.41, 5.74) is 1.55. The van der Waals surface area contributed by atoms with Crippen LogP contribution in [0.15, 0.2) is 55.1 Å². The van der Waals surface area contributed by atoms with Crippen LogP contribution in [-0.2, 0) is 0 Å². The van der Waals surface area contributed by atoms with Crippen molar-refractivity contribution in [2.24, 2.45) is 0 Å². The molecule has 0 unspecified atom stereocenters. The van der Waals surface area contributed by atoms with Gasteiger partial charge in [-0.1, -0.05) is 30.3 Å². The van der Waals surface area contributed by atoms with Gasteiger partial charge < -0.3 is 4.57 Å². The average Bonchev–Trinajstić information content (AvgIpc) is 2.83. The zero-order chi connectivity index (χ0) is 11.4. The lowest BCUT2D eigenvalue weighted by atomic mass is 10.1. The van der Waals surface area contributed by atoms with Gasteiger partial charge in [-0.15, -0.1) is 0 Å². The molecule has 3 nitrogen and oxygen atoms in total. The minimum atomic E-state index is 0.00630. The van der Waals surface area contributed by atoms with E-state index < -0.39 is 0 Å². The van der Waals surface area contributed by atoms with Crippen LogP contribution in [0.1, 0.15) is 17.3 Å². The molecular weight excluding hydrogens is 200 g/mol. The number of carbonyl (C=O) groups excluding carboxylic acids is 1. The first-order chi connectivity index (χ1) is 7.77. The monoisotopic (exact) mass is 212 g/mol. The predicted octanol–water partition coefficient (Wildman–Crippen LogP) is 2.63. The maximum Gasteiger partial charge on any atom is 0.187 e. The summed E-state index contributed by atoms with van der Waals surface area (Å²) in [6.45, 7) is 1.88. The molecule has 0 N–H and O–H groups in total. The second-order valence-electron chi connectivity index (χ2n) is 3.49.